The van der Waals surface area contributed by atoms with E-state index in [1.807, 2.05) is 6.92 Å². The normalized spacial score (nSPS) is 23.7. The number of furan rings is 1. The summed E-state index contributed by atoms with van der Waals surface area (Å²) >= 11 is 0. The predicted molar refractivity (Wildman–Crippen MR) is 64.6 cm³/mol. The number of nitrogens with zero attached hydrogens (tertiary/aromatic N) is 1. The molecule has 0 aliphatic carbocycles. The zero-order valence-corrected chi connectivity index (χ0v) is 10.1. The van der Waals surface area contributed by atoms with Gasteiger partial charge >= 0.3 is 5.97 Å². The molecule has 5 nitrogen and oxygen atoms in total. The summed E-state index contributed by atoms with van der Waals surface area (Å²) < 4.78 is 5.08. The number of carbonyl (C=O) groups excluding carboxylic acids is 1. The van der Waals surface area contributed by atoms with Crippen LogP contribution in [0.15, 0.2) is 28.9 Å². The van der Waals surface area contributed by atoms with E-state index in [2.05, 4.69) is 0 Å². The molecule has 0 bridgehead atoms. The zero-order chi connectivity index (χ0) is 13.1. The lowest BCUT2D eigenvalue weighted by Crippen LogP contribution is -2.28. The molecular weight excluding hydrogens is 234 g/mol. The molecule has 0 radical (unpaired) electrons. The fourth-order valence-electron chi connectivity index (χ4n) is 2.11. The highest BCUT2D eigenvalue weighted by molar-refractivity contribution is 5.92. The number of amides is 1. The van der Waals surface area contributed by atoms with Gasteiger partial charge in [-0.1, -0.05) is 6.92 Å². The lowest BCUT2D eigenvalue weighted by atomic mass is 9.99. The van der Waals surface area contributed by atoms with Gasteiger partial charge in [-0.15, -0.1) is 0 Å². The van der Waals surface area contributed by atoms with Crippen molar-refractivity contribution in [2.45, 2.75) is 6.92 Å². The minimum absolute atomic E-state index is 0.0107. The molecule has 2 atom stereocenters. The molecule has 1 fully saturated rings. The van der Waals surface area contributed by atoms with E-state index in [-0.39, 0.29) is 18.4 Å². The number of carboxylic acids is 1. The van der Waals surface area contributed by atoms with Gasteiger partial charge < -0.3 is 14.4 Å². The Bertz CT molecular complexity index is 463. The maximum Gasteiger partial charge on any atom is 0.308 e. The molecular formula is C13H15NO4. The van der Waals surface area contributed by atoms with Crippen molar-refractivity contribution in [3.63, 3.8) is 0 Å². The Morgan fingerprint density at radius 3 is 2.83 bits per heavy atom. The summed E-state index contributed by atoms with van der Waals surface area (Å²) in [6.07, 6.45) is 4.53. The first kappa shape index (κ1) is 12.4. The van der Waals surface area contributed by atoms with E-state index in [0.717, 1.165) is 0 Å². The van der Waals surface area contributed by atoms with Crippen LogP contribution in [0.1, 0.15) is 12.7 Å². The third kappa shape index (κ3) is 2.61. The van der Waals surface area contributed by atoms with Gasteiger partial charge in [0.2, 0.25) is 5.91 Å². The molecule has 1 aromatic heterocycles. The highest BCUT2D eigenvalue weighted by Gasteiger charge is 2.36. The van der Waals surface area contributed by atoms with Crippen molar-refractivity contribution >= 4 is 18.0 Å². The third-order valence-corrected chi connectivity index (χ3v) is 3.17. The van der Waals surface area contributed by atoms with Gasteiger partial charge in [0.15, 0.2) is 0 Å². The van der Waals surface area contributed by atoms with Gasteiger partial charge in [-0.25, -0.2) is 0 Å². The topological polar surface area (TPSA) is 70.8 Å². The Morgan fingerprint density at radius 1 is 1.50 bits per heavy atom. The number of aliphatic carboxylic acids is 1. The van der Waals surface area contributed by atoms with Crippen LogP contribution in [-0.2, 0) is 9.59 Å². The van der Waals surface area contributed by atoms with Crippen molar-refractivity contribution in [2.75, 3.05) is 13.1 Å². The van der Waals surface area contributed by atoms with Crippen LogP contribution >= 0.6 is 0 Å². The van der Waals surface area contributed by atoms with E-state index in [4.69, 9.17) is 9.52 Å². The van der Waals surface area contributed by atoms with Crippen LogP contribution < -0.4 is 0 Å². The average molecular weight is 249 g/mol. The molecule has 2 heterocycles. The fraction of sp³-hybridized carbons (Fsp3) is 0.385. The predicted octanol–water partition coefficient (Wildman–Crippen LogP) is 1.47. The molecule has 5 heteroatoms. The largest absolute Gasteiger partial charge is 0.481 e. The van der Waals surface area contributed by atoms with E-state index >= 15 is 0 Å². The van der Waals surface area contributed by atoms with Gasteiger partial charge in [-0.05, 0) is 24.1 Å². The van der Waals surface area contributed by atoms with Crippen LogP contribution in [-0.4, -0.2) is 35.0 Å². The van der Waals surface area contributed by atoms with Gasteiger partial charge in [0.1, 0.15) is 5.76 Å². The second-order valence-electron chi connectivity index (χ2n) is 4.51. The van der Waals surface area contributed by atoms with Crippen molar-refractivity contribution in [1.29, 1.82) is 0 Å². The SMILES string of the molecule is CC1CN(C(=O)C=Cc2ccco2)CC1C(=O)O. The van der Waals surface area contributed by atoms with Crippen LogP contribution in [0.4, 0.5) is 0 Å². The van der Waals surface area contributed by atoms with Crippen molar-refractivity contribution in [3.05, 3.63) is 30.2 Å². The van der Waals surface area contributed by atoms with Gasteiger partial charge in [-0.2, -0.15) is 0 Å². The molecule has 1 aliphatic heterocycles. The summed E-state index contributed by atoms with van der Waals surface area (Å²) in [5, 5.41) is 8.99. The monoisotopic (exact) mass is 249 g/mol. The molecule has 2 rings (SSSR count). The second-order valence-corrected chi connectivity index (χ2v) is 4.51. The molecule has 1 aromatic rings. The molecule has 1 saturated heterocycles. The maximum absolute atomic E-state index is 11.9. The second kappa shape index (κ2) is 5.08. The fourth-order valence-corrected chi connectivity index (χ4v) is 2.11. The first-order valence-electron chi connectivity index (χ1n) is 5.81. The van der Waals surface area contributed by atoms with Crippen LogP contribution in [0.5, 0.6) is 0 Å². The molecule has 1 aliphatic rings. The number of hydrogen-bond donors (Lipinski definition) is 1. The molecule has 1 amide bonds. The number of rotatable bonds is 3. The van der Waals surface area contributed by atoms with Crippen molar-refractivity contribution in [2.24, 2.45) is 11.8 Å². The summed E-state index contributed by atoms with van der Waals surface area (Å²) in [7, 11) is 0. The van der Waals surface area contributed by atoms with Gasteiger partial charge in [0.25, 0.3) is 0 Å². The van der Waals surface area contributed by atoms with E-state index in [0.29, 0.717) is 12.3 Å². The molecule has 2 unspecified atom stereocenters. The number of carbonyl (C=O) groups is 2. The summed E-state index contributed by atoms with van der Waals surface area (Å²) in [5.74, 6) is -0.894. The zero-order valence-electron chi connectivity index (χ0n) is 10.1. The standard InChI is InChI=1S/C13H15NO4/c1-9-7-14(8-11(9)13(16)17)12(15)5-4-10-3-2-6-18-10/h2-6,9,11H,7-8H2,1H3,(H,16,17). The van der Waals surface area contributed by atoms with Crippen molar-refractivity contribution < 1.29 is 19.1 Å². The third-order valence-electron chi connectivity index (χ3n) is 3.17. The first-order chi connectivity index (χ1) is 8.58. The lowest BCUT2D eigenvalue weighted by molar-refractivity contribution is -0.142. The van der Waals surface area contributed by atoms with Crippen LogP contribution in [0.25, 0.3) is 6.08 Å². The Labute approximate surface area is 105 Å². The number of likely N-dealkylation sites (tertiary alicyclic amines) is 1. The molecule has 96 valence electrons. The summed E-state index contributed by atoms with van der Waals surface area (Å²) in [5.41, 5.74) is 0. The van der Waals surface area contributed by atoms with E-state index in [1.54, 1.807) is 23.1 Å². The van der Waals surface area contributed by atoms with E-state index < -0.39 is 11.9 Å². The summed E-state index contributed by atoms with van der Waals surface area (Å²) in [6, 6.07) is 3.49. The number of hydrogen-bond acceptors (Lipinski definition) is 3. The summed E-state index contributed by atoms with van der Waals surface area (Å²) in [4.78, 5) is 24.4. The number of carboxylic acid groups (broad SMARTS) is 1. The molecule has 0 spiro atoms. The van der Waals surface area contributed by atoms with Gasteiger partial charge in [-0.3, -0.25) is 9.59 Å². The van der Waals surface area contributed by atoms with Gasteiger partial charge in [0.05, 0.1) is 12.2 Å². The lowest BCUT2D eigenvalue weighted by Gasteiger charge is -2.12. The van der Waals surface area contributed by atoms with Crippen LogP contribution in [0.3, 0.4) is 0 Å². The molecule has 1 N–H and O–H groups in total. The van der Waals surface area contributed by atoms with E-state index in [1.165, 1.54) is 12.3 Å². The van der Waals surface area contributed by atoms with Crippen LogP contribution in [0.2, 0.25) is 0 Å². The minimum Gasteiger partial charge on any atom is -0.481 e. The quantitative estimate of drug-likeness (QED) is 0.823. The first-order valence-corrected chi connectivity index (χ1v) is 5.81. The maximum atomic E-state index is 11.9. The molecule has 0 aromatic carbocycles. The average Bonchev–Trinajstić information content (AvgIpc) is 2.94. The minimum atomic E-state index is -0.840. The Hall–Kier alpha value is -2.04. The Balaban J connectivity index is 1.97. The van der Waals surface area contributed by atoms with Crippen molar-refractivity contribution in [1.82, 2.24) is 4.90 Å². The van der Waals surface area contributed by atoms with E-state index in [9.17, 15) is 9.59 Å². The van der Waals surface area contributed by atoms with Crippen molar-refractivity contribution in [3.8, 4) is 0 Å². The highest BCUT2D eigenvalue weighted by Crippen LogP contribution is 2.23. The van der Waals surface area contributed by atoms with Gasteiger partial charge in [0, 0.05) is 19.2 Å². The Kier molecular flexibility index (Phi) is 3.50. The smallest absolute Gasteiger partial charge is 0.308 e. The highest BCUT2D eigenvalue weighted by atomic mass is 16.4. The van der Waals surface area contributed by atoms with Crippen LogP contribution in [0, 0.1) is 11.8 Å². The Morgan fingerprint density at radius 2 is 2.28 bits per heavy atom. The molecule has 18 heavy (non-hydrogen) atoms. The summed E-state index contributed by atoms with van der Waals surface area (Å²) in [6.45, 7) is 2.61. The molecule has 0 saturated carbocycles.